The highest BCUT2D eigenvalue weighted by atomic mass is 32.2. The van der Waals surface area contributed by atoms with Crippen LogP contribution in [-0.2, 0) is 14.8 Å². The minimum Gasteiger partial charge on any atom is -0.332 e. The zero-order valence-electron chi connectivity index (χ0n) is 17.1. The highest BCUT2D eigenvalue weighted by Gasteiger charge is 2.34. The molecule has 0 bridgehead atoms. The van der Waals surface area contributed by atoms with Gasteiger partial charge in [0, 0.05) is 12.1 Å². The number of carbonyl (C=O) groups excluding carboxylic acids is 1. The van der Waals surface area contributed by atoms with Gasteiger partial charge in [0.2, 0.25) is 10.0 Å². The van der Waals surface area contributed by atoms with Crippen LogP contribution in [0.15, 0.2) is 35.2 Å². The van der Waals surface area contributed by atoms with Gasteiger partial charge in [0.05, 0.1) is 31.1 Å². The fourth-order valence-corrected chi connectivity index (χ4v) is 6.00. The zero-order valence-corrected chi connectivity index (χ0v) is 18.0. The van der Waals surface area contributed by atoms with Crippen LogP contribution in [0.2, 0.25) is 0 Å². The SMILES string of the molecule is CC(C)N(C(=O)C[NH+]1CCN(S(=O)(=O)c2ccccc2)CC1)C1CCCCC1. The molecule has 0 aromatic heterocycles. The smallest absolute Gasteiger partial charge is 0.278 e. The van der Waals surface area contributed by atoms with Crippen molar-refractivity contribution >= 4 is 15.9 Å². The molecule has 2 fully saturated rings. The van der Waals surface area contributed by atoms with E-state index in [0.717, 1.165) is 12.8 Å². The van der Waals surface area contributed by atoms with Gasteiger partial charge in [0.25, 0.3) is 5.91 Å². The maximum atomic E-state index is 13.0. The van der Waals surface area contributed by atoms with Gasteiger partial charge in [-0.25, -0.2) is 8.42 Å². The molecule has 1 heterocycles. The van der Waals surface area contributed by atoms with Gasteiger partial charge in [-0.3, -0.25) is 4.79 Å². The molecular formula is C21H34N3O3S+. The average Bonchev–Trinajstić information content (AvgIpc) is 2.70. The second-order valence-electron chi connectivity index (χ2n) is 8.33. The summed E-state index contributed by atoms with van der Waals surface area (Å²) in [4.78, 5) is 16.7. The van der Waals surface area contributed by atoms with Crippen LogP contribution in [0, 0.1) is 0 Å². The number of amides is 1. The number of sulfonamides is 1. The van der Waals surface area contributed by atoms with Crippen LogP contribution in [-0.4, -0.2) is 68.3 Å². The predicted octanol–water partition coefficient (Wildman–Crippen LogP) is 1.15. The minimum absolute atomic E-state index is 0.217. The summed E-state index contributed by atoms with van der Waals surface area (Å²) in [5, 5.41) is 0. The highest BCUT2D eigenvalue weighted by molar-refractivity contribution is 7.89. The summed E-state index contributed by atoms with van der Waals surface area (Å²) < 4.78 is 27.1. The molecule has 1 amide bonds. The van der Waals surface area contributed by atoms with Crippen LogP contribution >= 0.6 is 0 Å². The molecule has 0 unspecified atom stereocenters. The van der Waals surface area contributed by atoms with Crippen LogP contribution in [0.25, 0.3) is 0 Å². The number of quaternary nitrogens is 1. The third-order valence-electron chi connectivity index (χ3n) is 6.02. The summed E-state index contributed by atoms with van der Waals surface area (Å²) in [5.74, 6) is 0.219. The summed E-state index contributed by atoms with van der Waals surface area (Å²) in [6, 6.07) is 9.19. The summed E-state index contributed by atoms with van der Waals surface area (Å²) in [5.41, 5.74) is 0. The van der Waals surface area contributed by atoms with Crippen molar-refractivity contribution in [2.75, 3.05) is 32.7 Å². The molecule has 1 N–H and O–H groups in total. The van der Waals surface area contributed by atoms with Crippen molar-refractivity contribution in [1.29, 1.82) is 0 Å². The van der Waals surface area contributed by atoms with E-state index in [0.29, 0.717) is 43.7 Å². The Morgan fingerprint density at radius 1 is 1.11 bits per heavy atom. The van der Waals surface area contributed by atoms with Crippen molar-refractivity contribution in [2.45, 2.75) is 62.9 Å². The number of carbonyl (C=O) groups is 1. The van der Waals surface area contributed by atoms with Gasteiger partial charge in [-0.15, -0.1) is 0 Å². The van der Waals surface area contributed by atoms with Gasteiger partial charge >= 0.3 is 0 Å². The molecule has 0 radical (unpaired) electrons. The second-order valence-corrected chi connectivity index (χ2v) is 10.3. The highest BCUT2D eigenvalue weighted by Crippen LogP contribution is 2.24. The van der Waals surface area contributed by atoms with Crippen molar-refractivity contribution in [3.63, 3.8) is 0 Å². The topological polar surface area (TPSA) is 62.1 Å². The molecule has 1 aliphatic heterocycles. The molecule has 0 spiro atoms. The predicted molar refractivity (Wildman–Crippen MR) is 110 cm³/mol. The van der Waals surface area contributed by atoms with Crippen molar-refractivity contribution < 1.29 is 18.1 Å². The lowest BCUT2D eigenvalue weighted by atomic mass is 9.93. The van der Waals surface area contributed by atoms with Gasteiger partial charge in [0.1, 0.15) is 0 Å². The van der Waals surface area contributed by atoms with Crippen molar-refractivity contribution in [2.24, 2.45) is 0 Å². The van der Waals surface area contributed by atoms with Gasteiger partial charge < -0.3 is 9.80 Å². The number of benzene rings is 1. The molecule has 0 atom stereocenters. The Balaban J connectivity index is 1.56. The second kappa shape index (κ2) is 9.37. The van der Waals surface area contributed by atoms with E-state index in [9.17, 15) is 13.2 Å². The maximum absolute atomic E-state index is 13.0. The molecule has 156 valence electrons. The van der Waals surface area contributed by atoms with E-state index < -0.39 is 10.0 Å². The van der Waals surface area contributed by atoms with E-state index in [2.05, 4.69) is 18.7 Å². The van der Waals surface area contributed by atoms with Crippen molar-refractivity contribution in [3.8, 4) is 0 Å². The van der Waals surface area contributed by atoms with E-state index >= 15 is 0 Å². The van der Waals surface area contributed by atoms with Gasteiger partial charge in [-0.2, -0.15) is 4.31 Å². The van der Waals surface area contributed by atoms with E-state index in [-0.39, 0.29) is 11.9 Å². The normalized spacial score (nSPS) is 20.4. The third kappa shape index (κ3) is 4.93. The number of hydrogen-bond acceptors (Lipinski definition) is 3. The standard InChI is InChI=1S/C21H33N3O3S/c1-18(2)24(19-9-5-3-6-10-19)21(25)17-22-13-15-23(16-14-22)28(26,27)20-11-7-4-8-12-20/h4,7-8,11-12,18-19H,3,5-6,9-10,13-17H2,1-2H3/p+1. The Labute approximate surface area is 169 Å². The van der Waals surface area contributed by atoms with E-state index in [4.69, 9.17) is 0 Å². The van der Waals surface area contributed by atoms with Crippen LogP contribution in [0.3, 0.4) is 0 Å². The number of nitrogens with zero attached hydrogens (tertiary/aromatic N) is 2. The van der Waals surface area contributed by atoms with Crippen molar-refractivity contribution in [1.82, 2.24) is 9.21 Å². The quantitative estimate of drug-likeness (QED) is 0.768. The molecule has 7 heteroatoms. The number of rotatable bonds is 6. The number of hydrogen-bond donors (Lipinski definition) is 1. The van der Waals surface area contributed by atoms with Crippen LogP contribution in [0.4, 0.5) is 0 Å². The fourth-order valence-electron chi connectivity index (χ4n) is 4.54. The van der Waals surface area contributed by atoms with E-state index in [1.54, 1.807) is 28.6 Å². The molecule has 1 saturated heterocycles. The van der Waals surface area contributed by atoms with Crippen LogP contribution in [0.5, 0.6) is 0 Å². The monoisotopic (exact) mass is 408 g/mol. The zero-order chi connectivity index (χ0) is 20.1. The van der Waals surface area contributed by atoms with Crippen LogP contribution in [0.1, 0.15) is 46.0 Å². The molecule has 1 aliphatic carbocycles. The Kier molecular flexibility index (Phi) is 7.12. The molecule has 28 heavy (non-hydrogen) atoms. The first-order valence-corrected chi connectivity index (χ1v) is 12.0. The first-order valence-electron chi connectivity index (χ1n) is 10.6. The van der Waals surface area contributed by atoms with Crippen molar-refractivity contribution in [3.05, 3.63) is 30.3 Å². The Bertz CT molecular complexity index is 737. The minimum atomic E-state index is -3.44. The molecule has 1 aromatic rings. The summed E-state index contributed by atoms with van der Waals surface area (Å²) in [6.07, 6.45) is 5.93. The molecule has 3 rings (SSSR count). The van der Waals surface area contributed by atoms with Gasteiger partial charge in [-0.1, -0.05) is 37.5 Å². The Morgan fingerprint density at radius 3 is 2.29 bits per heavy atom. The number of nitrogens with one attached hydrogen (secondary N) is 1. The van der Waals surface area contributed by atoms with Gasteiger partial charge in [-0.05, 0) is 38.8 Å². The van der Waals surface area contributed by atoms with E-state index in [1.165, 1.54) is 24.2 Å². The average molecular weight is 409 g/mol. The number of piperazine rings is 1. The molecule has 2 aliphatic rings. The van der Waals surface area contributed by atoms with E-state index in [1.807, 2.05) is 6.07 Å². The molecular weight excluding hydrogens is 374 g/mol. The molecule has 6 nitrogen and oxygen atoms in total. The lowest BCUT2D eigenvalue weighted by Gasteiger charge is -2.38. The lowest BCUT2D eigenvalue weighted by molar-refractivity contribution is -0.896. The molecule has 1 aromatic carbocycles. The first-order chi connectivity index (χ1) is 13.4. The summed E-state index contributed by atoms with van der Waals surface area (Å²) in [6.45, 7) is 6.95. The lowest BCUT2D eigenvalue weighted by Crippen LogP contribution is -3.15. The first kappa shape index (κ1) is 21.3. The molecule has 1 saturated carbocycles. The Hall–Kier alpha value is -1.44. The maximum Gasteiger partial charge on any atom is 0.278 e. The van der Waals surface area contributed by atoms with Crippen LogP contribution < -0.4 is 4.90 Å². The Morgan fingerprint density at radius 2 is 1.71 bits per heavy atom. The summed E-state index contributed by atoms with van der Waals surface area (Å²) in [7, 11) is -3.44. The third-order valence-corrected chi connectivity index (χ3v) is 7.94. The summed E-state index contributed by atoms with van der Waals surface area (Å²) >= 11 is 0. The fraction of sp³-hybridized carbons (Fsp3) is 0.667. The largest absolute Gasteiger partial charge is 0.332 e. The van der Waals surface area contributed by atoms with Gasteiger partial charge in [0.15, 0.2) is 6.54 Å².